The quantitative estimate of drug-likeness (QED) is 0.753. The van der Waals surface area contributed by atoms with E-state index >= 15 is 0 Å². The first-order valence-corrected chi connectivity index (χ1v) is 6.88. The smallest absolute Gasteiger partial charge is 0.248 e. The van der Waals surface area contributed by atoms with Gasteiger partial charge in [-0.05, 0) is 47.3 Å². The molecule has 5 nitrogen and oxygen atoms in total. The van der Waals surface area contributed by atoms with Crippen LogP contribution in [0.2, 0.25) is 5.28 Å². The molecule has 3 aromatic rings. The van der Waals surface area contributed by atoms with E-state index < -0.39 is 5.91 Å². The number of amides is 1. The number of carbonyl (C=O) groups is 1. The first-order chi connectivity index (χ1) is 9.63. The lowest BCUT2D eigenvalue weighted by atomic mass is 10.2. The molecule has 0 unspecified atom stereocenters. The summed E-state index contributed by atoms with van der Waals surface area (Å²) in [6.07, 6.45) is 0. The Hall–Kier alpha value is -2.18. The van der Waals surface area contributed by atoms with E-state index in [0.29, 0.717) is 17.2 Å². The second-order valence-corrected chi connectivity index (χ2v) is 5.16. The van der Waals surface area contributed by atoms with Crippen LogP contribution >= 0.6 is 22.9 Å². The van der Waals surface area contributed by atoms with Crippen LogP contribution in [0.15, 0.2) is 35.7 Å². The van der Waals surface area contributed by atoms with Crippen LogP contribution in [0.3, 0.4) is 0 Å². The Bertz CT molecular complexity index is 786. The van der Waals surface area contributed by atoms with E-state index in [9.17, 15) is 4.79 Å². The second-order valence-electron chi connectivity index (χ2n) is 3.93. The number of rotatable bonds is 3. The minimum Gasteiger partial charge on any atom is -0.438 e. The van der Waals surface area contributed by atoms with Crippen LogP contribution < -0.4 is 10.5 Å². The molecule has 1 amide bonds. The molecule has 7 heteroatoms. The monoisotopic (exact) mass is 305 g/mol. The Balaban J connectivity index is 1.96. The number of carbonyl (C=O) groups excluding carboxylic acids is 1. The van der Waals surface area contributed by atoms with Gasteiger partial charge >= 0.3 is 0 Å². The van der Waals surface area contributed by atoms with Gasteiger partial charge in [-0.25, -0.2) is 4.98 Å². The zero-order valence-electron chi connectivity index (χ0n) is 10.0. The zero-order valence-corrected chi connectivity index (χ0v) is 11.6. The molecule has 3 rings (SSSR count). The third-order valence-corrected chi connectivity index (χ3v) is 3.59. The lowest BCUT2D eigenvalue weighted by Gasteiger charge is -2.06. The molecule has 0 aliphatic carbocycles. The fourth-order valence-electron chi connectivity index (χ4n) is 1.68. The van der Waals surface area contributed by atoms with Crippen molar-refractivity contribution in [2.45, 2.75) is 0 Å². The van der Waals surface area contributed by atoms with Crippen molar-refractivity contribution in [3.8, 4) is 11.6 Å². The number of nitrogens with zero attached hydrogens (tertiary/aromatic N) is 2. The third kappa shape index (κ3) is 2.43. The van der Waals surface area contributed by atoms with Gasteiger partial charge in [0.05, 0.1) is 5.39 Å². The van der Waals surface area contributed by atoms with Crippen LogP contribution in [0.4, 0.5) is 0 Å². The number of halogens is 1. The van der Waals surface area contributed by atoms with Crippen molar-refractivity contribution in [2.24, 2.45) is 5.73 Å². The molecular weight excluding hydrogens is 298 g/mol. The number of hydrogen-bond acceptors (Lipinski definition) is 5. The summed E-state index contributed by atoms with van der Waals surface area (Å²) in [7, 11) is 0. The number of nitrogens with two attached hydrogens (primary N) is 1. The van der Waals surface area contributed by atoms with E-state index in [1.165, 1.54) is 11.3 Å². The number of ether oxygens (including phenoxy) is 1. The summed E-state index contributed by atoms with van der Waals surface area (Å²) in [4.78, 5) is 19.9. The Morgan fingerprint density at radius 2 is 1.95 bits per heavy atom. The van der Waals surface area contributed by atoms with Crippen molar-refractivity contribution in [1.82, 2.24) is 9.97 Å². The normalized spacial score (nSPS) is 10.7. The van der Waals surface area contributed by atoms with Crippen molar-refractivity contribution in [3.63, 3.8) is 0 Å². The van der Waals surface area contributed by atoms with E-state index in [2.05, 4.69) is 9.97 Å². The van der Waals surface area contributed by atoms with Gasteiger partial charge in [-0.15, -0.1) is 11.3 Å². The van der Waals surface area contributed by atoms with Gasteiger partial charge < -0.3 is 10.5 Å². The molecular formula is C13H8ClN3O2S. The average molecular weight is 306 g/mol. The highest BCUT2D eigenvalue weighted by molar-refractivity contribution is 7.16. The van der Waals surface area contributed by atoms with Crippen molar-refractivity contribution in [1.29, 1.82) is 0 Å². The van der Waals surface area contributed by atoms with Crippen LogP contribution in [0.1, 0.15) is 10.4 Å². The molecule has 0 atom stereocenters. The number of primary amides is 1. The fraction of sp³-hybridized carbons (Fsp3) is 0. The minimum absolute atomic E-state index is 0.128. The Labute approximate surface area is 123 Å². The summed E-state index contributed by atoms with van der Waals surface area (Å²) in [6, 6.07) is 8.34. The van der Waals surface area contributed by atoms with Gasteiger partial charge in [-0.2, -0.15) is 4.98 Å². The molecule has 0 aliphatic rings. The lowest BCUT2D eigenvalue weighted by molar-refractivity contribution is 0.100. The van der Waals surface area contributed by atoms with Crippen molar-refractivity contribution >= 4 is 39.1 Å². The maximum absolute atomic E-state index is 11.0. The summed E-state index contributed by atoms with van der Waals surface area (Å²) in [5, 5.41) is 2.81. The summed E-state index contributed by atoms with van der Waals surface area (Å²) in [5.41, 5.74) is 5.60. The number of hydrogen-bond donors (Lipinski definition) is 1. The number of benzene rings is 1. The summed E-state index contributed by atoms with van der Waals surface area (Å²) in [6.45, 7) is 0. The van der Waals surface area contributed by atoms with Crippen molar-refractivity contribution in [3.05, 3.63) is 46.6 Å². The number of fused-ring (bicyclic) bond motifs is 1. The van der Waals surface area contributed by atoms with Crippen molar-refractivity contribution in [2.75, 3.05) is 0 Å². The van der Waals surface area contributed by atoms with Crippen molar-refractivity contribution < 1.29 is 9.53 Å². The van der Waals surface area contributed by atoms with Crippen LogP contribution in [0, 0.1) is 0 Å². The molecule has 0 saturated carbocycles. The molecule has 0 aliphatic heterocycles. The first kappa shape index (κ1) is 12.8. The predicted octanol–water partition coefficient (Wildman–Crippen LogP) is 3.24. The molecule has 1 aromatic carbocycles. The summed E-state index contributed by atoms with van der Waals surface area (Å²) in [5.74, 6) is 0.437. The highest BCUT2D eigenvalue weighted by Crippen LogP contribution is 2.31. The standard InChI is InChI=1S/C13H8ClN3O2S/c14-13-16-11(9-5-6-20-12(9)17-13)19-8-3-1-7(2-4-8)10(15)18/h1-6H,(H2,15,18). The molecule has 100 valence electrons. The van der Waals surface area contributed by atoms with Gasteiger partial charge in [0, 0.05) is 5.56 Å². The van der Waals surface area contributed by atoms with Gasteiger partial charge in [0.25, 0.3) is 0 Å². The van der Waals surface area contributed by atoms with Crippen LogP contribution in [-0.2, 0) is 0 Å². The third-order valence-electron chi connectivity index (χ3n) is 2.62. The highest BCUT2D eigenvalue weighted by atomic mass is 35.5. The molecule has 2 heterocycles. The van der Waals surface area contributed by atoms with Gasteiger partial charge in [0.2, 0.25) is 17.1 Å². The molecule has 2 N–H and O–H groups in total. The van der Waals surface area contributed by atoms with Gasteiger partial charge in [-0.1, -0.05) is 0 Å². The topological polar surface area (TPSA) is 78.1 Å². The average Bonchev–Trinajstić information content (AvgIpc) is 2.87. The molecule has 0 fully saturated rings. The predicted molar refractivity (Wildman–Crippen MR) is 77.5 cm³/mol. The number of thiophene rings is 1. The Morgan fingerprint density at radius 1 is 1.20 bits per heavy atom. The van der Waals surface area contributed by atoms with Gasteiger partial charge in [0.1, 0.15) is 10.6 Å². The fourth-order valence-corrected chi connectivity index (χ4v) is 2.65. The molecule has 0 saturated heterocycles. The lowest BCUT2D eigenvalue weighted by Crippen LogP contribution is -2.10. The van der Waals surface area contributed by atoms with Gasteiger partial charge in [-0.3, -0.25) is 4.79 Å². The zero-order chi connectivity index (χ0) is 14.1. The van der Waals surface area contributed by atoms with E-state index in [1.54, 1.807) is 24.3 Å². The molecule has 0 radical (unpaired) electrons. The second kappa shape index (κ2) is 5.07. The molecule has 20 heavy (non-hydrogen) atoms. The molecule has 0 bridgehead atoms. The first-order valence-electron chi connectivity index (χ1n) is 5.62. The van der Waals surface area contributed by atoms with Crippen LogP contribution in [0.25, 0.3) is 10.2 Å². The van der Waals surface area contributed by atoms with E-state index in [0.717, 1.165) is 10.2 Å². The maximum atomic E-state index is 11.0. The largest absolute Gasteiger partial charge is 0.438 e. The van der Waals surface area contributed by atoms with E-state index in [4.69, 9.17) is 22.1 Å². The number of aromatic nitrogens is 2. The van der Waals surface area contributed by atoms with Crippen LogP contribution in [0.5, 0.6) is 11.6 Å². The van der Waals surface area contributed by atoms with Gasteiger partial charge in [0.15, 0.2) is 0 Å². The highest BCUT2D eigenvalue weighted by Gasteiger charge is 2.10. The molecule has 0 spiro atoms. The maximum Gasteiger partial charge on any atom is 0.248 e. The van der Waals surface area contributed by atoms with E-state index in [-0.39, 0.29) is 5.28 Å². The SMILES string of the molecule is NC(=O)c1ccc(Oc2nc(Cl)nc3sccc23)cc1. The van der Waals surface area contributed by atoms with E-state index in [1.807, 2.05) is 11.4 Å². The summed E-state index contributed by atoms with van der Waals surface area (Å²) < 4.78 is 5.68. The Morgan fingerprint density at radius 3 is 2.65 bits per heavy atom. The Kier molecular flexibility index (Phi) is 3.25. The molecule has 2 aromatic heterocycles. The van der Waals surface area contributed by atoms with Crippen LogP contribution in [-0.4, -0.2) is 15.9 Å². The summed E-state index contributed by atoms with van der Waals surface area (Å²) >= 11 is 7.31. The minimum atomic E-state index is -0.484.